The molecule has 1 atom stereocenters. The predicted octanol–water partition coefficient (Wildman–Crippen LogP) is 14.8. The van der Waals surface area contributed by atoms with Crippen molar-refractivity contribution in [2.45, 2.75) is 270 Å². The summed E-state index contributed by atoms with van der Waals surface area (Å²) in [5.74, 6) is 0.551. The largest absolute Gasteiger partial charge is 0.391 e. The van der Waals surface area contributed by atoms with Crippen LogP contribution in [0, 0.1) is 0 Å². The summed E-state index contributed by atoms with van der Waals surface area (Å²) in [7, 11) is 0. The second-order valence-electron chi connectivity index (χ2n) is 16.0. The zero-order valence-corrected chi connectivity index (χ0v) is 34.8. The van der Waals surface area contributed by atoms with E-state index in [1.165, 1.54) is 193 Å². The van der Waals surface area contributed by atoms with Gasteiger partial charge in [-0.05, 0) is 51.4 Å². The molecule has 0 aliphatic heterocycles. The van der Waals surface area contributed by atoms with E-state index in [1.807, 2.05) is 0 Å². The molecule has 0 radical (unpaired) electrons. The molecule has 0 rings (SSSR count). The highest BCUT2D eigenvalue weighted by molar-refractivity contribution is 5.78. The molecule has 0 aliphatic rings. The Bertz CT molecular complexity index is 735. The van der Waals surface area contributed by atoms with E-state index in [1.54, 1.807) is 0 Å². The van der Waals surface area contributed by atoms with Crippen molar-refractivity contribution in [2.24, 2.45) is 0 Å². The van der Waals surface area contributed by atoms with Crippen molar-refractivity contribution >= 4 is 11.7 Å². The van der Waals surface area contributed by atoms with Crippen LogP contribution in [0.4, 0.5) is 0 Å². The molecule has 0 heterocycles. The Hall–Kier alpha value is -1.16. The highest BCUT2D eigenvalue weighted by atomic mass is 16.3. The first-order valence-corrected chi connectivity index (χ1v) is 23.2. The van der Waals surface area contributed by atoms with E-state index in [4.69, 9.17) is 0 Å². The monoisotopic (exact) mass is 718 g/mol. The molecule has 0 spiro atoms. The third-order valence-electron chi connectivity index (χ3n) is 10.8. The van der Waals surface area contributed by atoms with Crippen LogP contribution in [0.2, 0.25) is 0 Å². The molecule has 2 N–H and O–H groups in total. The Morgan fingerprint density at radius 1 is 0.431 bits per heavy atom. The van der Waals surface area contributed by atoms with Crippen LogP contribution < -0.4 is 5.32 Å². The van der Waals surface area contributed by atoms with Gasteiger partial charge in [-0.25, -0.2) is 0 Å². The highest BCUT2D eigenvalue weighted by Gasteiger charge is 2.07. The lowest BCUT2D eigenvalue weighted by atomic mass is 10.0. The molecular weight excluding hydrogens is 627 g/mol. The number of hydrogen-bond donors (Lipinski definition) is 2. The first kappa shape index (κ1) is 49.8. The number of hydrogen-bond acceptors (Lipinski definition) is 3. The summed E-state index contributed by atoms with van der Waals surface area (Å²) in [5, 5.41) is 13.2. The Balaban J connectivity index is 3.34. The van der Waals surface area contributed by atoms with Gasteiger partial charge in [-0.1, -0.05) is 206 Å². The first-order valence-electron chi connectivity index (χ1n) is 23.2. The lowest BCUT2D eigenvalue weighted by molar-refractivity contribution is -0.121. The van der Waals surface area contributed by atoms with Gasteiger partial charge in [-0.2, -0.15) is 0 Å². The third kappa shape index (κ3) is 43.1. The quantitative estimate of drug-likeness (QED) is 0.0487. The molecule has 0 aromatic rings. The maximum absolute atomic E-state index is 12.2. The lowest BCUT2D eigenvalue weighted by Gasteiger charge is -2.12. The minimum Gasteiger partial charge on any atom is -0.391 e. The third-order valence-corrected chi connectivity index (χ3v) is 10.8. The Labute approximate surface area is 320 Å². The molecule has 302 valence electrons. The van der Waals surface area contributed by atoms with Crippen LogP contribution in [-0.2, 0) is 9.59 Å². The van der Waals surface area contributed by atoms with Gasteiger partial charge in [0.15, 0.2) is 0 Å². The van der Waals surface area contributed by atoms with Crippen LogP contribution >= 0.6 is 0 Å². The van der Waals surface area contributed by atoms with Gasteiger partial charge in [0.05, 0.1) is 6.10 Å². The van der Waals surface area contributed by atoms with Crippen molar-refractivity contribution in [3.63, 3.8) is 0 Å². The van der Waals surface area contributed by atoms with E-state index in [0.29, 0.717) is 18.7 Å². The molecule has 51 heavy (non-hydrogen) atoms. The second kappa shape index (κ2) is 43.2. The van der Waals surface area contributed by atoms with Crippen LogP contribution in [0.25, 0.3) is 0 Å². The molecule has 0 aliphatic carbocycles. The number of nitrogens with one attached hydrogen (secondary N) is 1. The summed E-state index contributed by atoms with van der Waals surface area (Å²) < 4.78 is 0. The first-order chi connectivity index (χ1) is 25.1. The Morgan fingerprint density at radius 3 is 1.14 bits per heavy atom. The molecule has 0 saturated heterocycles. The summed E-state index contributed by atoms with van der Waals surface area (Å²) in [6.07, 6.45) is 52.1. The number of carbonyl (C=O) groups excluding carboxylic acids is 2. The maximum atomic E-state index is 12.2. The van der Waals surface area contributed by atoms with Crippen molar-refractivity contribution in [2.75, 3.05) is 6.54 Å². The predicted molar refractivity (Wildman–Crippen MR) is 225 cm³/mol. The second-order valence-corrected chi connectivity index (χ2v) is 16.0. The van der Waals surface area contributed by atoms with E-state index in [2.05, 4.69) is 31.3 Å². The van der Waals surface area contributed by atoms with Gasteiger partial charge in [0.25, 0.3) is 0 Å². The topological polar surface area (TPSA) is 66.4 Å². The number of aliphatic hydroxyl groups is 1. The summed E-state index contributed by atoms with van der Waals surface area (Å²) in [4.78, 5) is 24.4. The van der Waals surface area contributed by atoms with Gasteiger partial charge in [-0.15, -0.1) is 0 Å². The van der Waals surface area contributed by atoms with Gasteiger partial charge in [0, 0.05) is 25.8 Å². The molecule has 0 bridgehead atoms. The van der Waals surface area contributed by atoms with Crippen molar-refractivity contribution in [3.8, 4) is 0 Å². The number of Topliss-reactive ketones (excluding diaryl/α,β-unsaturated/α-hetero) is 1. The van der Waals surface area contributed by atoms with Crippen molar-refractivity contribution < 1.29 is 14.7 Å². The Morgan fingerprint density at radius 2 is 0.745 bits per heavy atom. The minimum atomic E-state index is -0.409. The SMILES string of the molecule is CCCCCCCCC=CCCCCCCCC(=O)CCCCCCCCCCC(=O)NC[C@@H](O)CCCCCCCCCCCCCCCC. The highest BCUT2D eigenvalue weighted by Crippen LogP contribution is 2.16. The van der Waals surface area contributed by atoms with E-state index in [0.717, 1.165) is 51.4 Å². The van der Waals surface area contributed by atoms with Gasteiger partial charge < -0.3 is 10.4 Å². The summed E-state index contributed by atoms with van der Waals surface area (Å²) in [6.45, 7) is 4.96. The van der Waals surface area contributed by atoms with E-state index in [9.17, 15) is 14.7 Å². The van der Waals surface area contributed by atoms with Gasteiger partial charge in [0.1, 0.15) is 5.78 Å². The lowest BCUT2D eigenvalue weighted by Crippen LogP contribution is -2.31. The van der Waals surface area contributed by atoms with Crippen molar-refractivity contribution in [1.82, 2.24) is 5.32 Å². The molecule has 0 unspecified atom stereocenters. The number of carbonyl (C=O) groups is 2. The Kier molecular flexibility index (Phi) is 42.3. The van der Waals surface area contributed by atoms with Crippen LogP contribution in [0.5, 0.6) is 0 Å². The smallest absolute Gasteiger partial charge is 0.220 e. The fourth-order valence-corrected chi connectivity index (χ4v) is 7.18. The van der Waals surface area contributed by atoms with Gasteiger partial charge in [-0.3, -0.25) is 9.59 Å². The normalized spacial score (nSPS) is 12.2. The molecule has 0 aromatic heterocycles. The molecule has 0 aromatic carbocycles. The van der Waals surface area contributed by atoms with Crippen molar-refractivity contribution in [1.29, 1.82) is 0 Å². The van der Waals surface area contributed by atoms with E-state index in [-0.39, 0.29) is 5.91 Å². The number of ketones is 1. The van der Waals surface area contributed by atoms with Crippen LogP contribution in [0.15, 0.2) is 12.2 Å². The number of amides is 1. The summed E-state index contributed by atoms with van der Waals surface area (Å²) in [5.41, 5.74) is 0. The van der Waals surface area contributed by atoms with Gasteiger partial charge in [0.2, 0.25) is 5.91 Å². The molecule has 0 saturated carbocycles. The van der Waals surface area contributed by atoms with Crippen LogP contribution in [-0.4, -0.2) is 29.4 Å². The number of aliphatic hydroxyl groups excluding tert-OH is 1. The molecule has 1 amide bonds. The molecule has 4 nitrogen and oxygen atoms in total. The van der Waals surface area contributed by atoms with Crippen LogP contribution in [0.3, 0.4) is 0 Å². The van der Waals surface area contributed by atoms with Crippen molar-refractivity contribution in [3.05, 3.63) is 12.2 Å². The van der Waals surface area contributed by atoms with E-state index >= 15 is 0 Å². The average Bonchev–Trinajstić information content (AvgIpc) is 3.13. The number of unbranched alkanes of at least 4 members (excludes halogenated alkanes) is 31. The zero-order valence-electron chi connectivity index (χ0n) is 34.8. The summed E-state index contributed by atoms with van der Waals surface area (Å²) in [6, 6.07) is 0. The molecular formula is C47H91NO3. The zero-order chi connectivity index (χ0) is 37.1. The van der Waals surface area contributed by atoms with E-state index < -0.39 is 6.10 Å². The number of allylic oxidation sites excluding steroid dienone is 2. The minimum absolute atomic E-state index is 0.0847. The fraction of sp³-hybridized carbons (Fsp3) is 0.915. The van der Waals surface area contributed by atoms with Gasteiger partial charge >= 0.3 is 0 Å². The summed E-state index contributed by atoms with van der Waals surface area (Å²) >= 11 is 0. The fourth-order valence-electron chi connectivity index (χ4n) is 7.18. The number of rotatable bonds is 43. The standard InChI is InChI=1S/C47H91NO3/c1-3-5-7-9-11-13-15-17-19-21-22-24-28-32-36-40-45(49)41-37-33-29-26-27-31-35-39-43-47(51)48-44-46(50)42-38-34-30-25-23-20-18-16-14-12-10-8-6-4-2/h17,19,46,50H,3-16,18,20-44H2,1-2H3,(H,48,51)/t46-/m0/s1. The molecule has 4 heteroatoms. The average molecular weight is 718 g/mol. The maximum Gasteiger partial charge on any atom is 0.220 e. The van der Waals surface area contributed by atoms with Crippen LogP contribution in [0.1, 0.15) is 264 Å². The molecule has 0 fully saturated rings.